The van der Waals surface area contributed by atoms with Crippen LogP contribution in [0.3, 0.4) is 0 Å². The second-order valence-electron chi connectivity index (χ2n) is 6.34. The topological polar surface area (TPSA) is 90.9 Å². The number of nitrogens with two attached hydrogens (primary N) is 1. The molecule has 118 valence electrons. The first-order valence-electron chi connectivity index (χ1n) is 6.88. The van der Waals surface area contributed by atoms with Crippen LogP contribution in [0.1, 0.15) is 38.3 Å². The molecule has 0 saturated carbocycles. The molecule has 0 spiro atoms. The lowest BCUT2D eigenvalue weighted by molar-refractivity contribution is 0.119. The average molecular weight is 297 g/mol. The zero-order valence-corrected chi connectivity index (χ0v) is 12.7. The molecule has 0 fully saturated rings. The molecule has 0 aliphatic heterocycles. The summed E-state index contributed by atoms with van der Waals surface area (Å²) in [7, 11) is 0. The van der Waals surface area contributed by atoms with Gasteiger partial charge in [0.05, 0.1) is 6.10 Å². The Balaban J connectivity index is 2.53. The molecule has 1 aromatic rings. The van der Waals surface area contributed by atoms with Crippen molar-refractivity contribution in [3.8, 4) is 0 Å². The van der Waals surface area contributed by atoms with Gasteiger partial charge in [0, 0.05) is 24.2 Å². The van der Waals surface area contributed by atoms with Crippen LogP contribution in [0.5, 0.6) is 0 Å². The number of hydrogen-bond acceptors (Lipinski definition) is 4. The number of nitrogens with zero attached hydrogens (tertiary/aromatic N) is 1. The smallest absolute Gasteiger partial charge is 0.170 e. The van der Waals surface area contributed by atoms with Gasteiger partial charge in [-0.05, 0) is 17.9 Å². The highest BCUT2D eigenvalue weighted by Gasteiger charge is 2.16. The average Bonchev–Trinajstić information content (AvgIpc) is 2.37. The minimum atomic E-state index is -0.468. The highest BCUT2D eigenvalue weighted by molar-refractivity contribution is 5.97. The van der Waals surface area contributed by atoms with E-state index in [-0.39, 0.29) is 11.3 Å². The summed E-state index contributed by atoms with van der Waals surface area (Å²) in [6.07, 6.45) is 0.203. The lowest BCUT2D eigenvalue weighted by Crippen LogP contribution is -2.30. The molecule has 1 unspecified atom stereocenters. The summed E-state index contributed by atoms with van der Waals surface area (Å²) in [6.45, 7) is 6.88. The maximum atomic E-state index is 13.8. The normalized spacial score (nSPS) is 14.2. The van der Waals surface area contributed by atoms with Crippen LogP contribution >= 0.6 is 0 Å². The third-order valence-corrected chi connectivity index (χ3v) is 3.00. The molecule has 0 saturated heterocycles. The summed E-state index contributed by atoms with van der Waals surface area (Å²) in [5, 5.41) is 24.3. The predicted molar refractivity (Wildman–Crippen MR) is 80.7 cm³/mol. The number of amidine groups is 1. The molecule has 0 aromatic heterocycles. The lowest BCUT2D eigenvalue weighted by atomic mass is 9.89. The Morgan fingerprint density at radius 1 is 1.43 bits per heavy atom. The zero-order chi connectivity index (χ0) is 16.0. The standard InChI is InChI=1S/C15H24FN3O2/c1-15(2,3)7-12(20)9-18-8-11-5-4-10(6-13(11)16)14(17)19-21/h4-6,12,18,20-21H,7-9H2,1-3H3,(H2,17,19). The van der Waals surface area contributed by atoms with E-state index in [1.165, 1.54) is 6.07 Å². The molecular formula is C15H24FN3O2. The fourth-order valence-electron chi connectivity index (χ4n) is 2.06. The Labute approximate surface area is 124 Å². The van der Waals surface area contributed by atoms with Gasteiger partial charge in [-0.15, -0.1) is 0 Å². The monoisotopic (exact) mass is 297 g/mol. The molecule has 5 N–H and O–H groups in total. The van der Waals surface area contributed by atoms with Gasteiger partial charge in [0.15, 0.2) is 5.84 Å². The van der Waals surface area contributed by atoms with Crippen LogP contribution in [0.25, 0.3) is 0 Å². The van der Waals surface area contributed by atoms with Crippen LogP contribution in [0, 0.1) is 11.2 Å². The van der Waals surface area contributed by atoms with E-state index in [0.717, 1.165) is 0 Å². The van der Waals surface area contributed by atoms with Gasteiger partial charge in [-0.25, -0.2) is 4.39 Å². The van der Waals surface area contributed by atoms with Crippen LogP contribution in [0.2, 0.25) is 0 Å². The Bertz CT molecular complexity index is 498. The highest BCUT2D eigenvalue weighted by atomic mass is 19.1. The molecule has 21 heavy (non-hydrogen) atoms. The van der Waals surface area contributed by atoms with Crippen LogP contribution < -0.4 is 11.1 Å². The van der Waals surface area contributed by atoms with E-state index >= 15 is 0 Å². The fraction of sp³-hybridized carbons (Fsp3) is 0.533. The third-order valence-electron chi connectivity index (χ3n) is 3.00. The highest BCUT2D eigenvalue weighted by Crippen LogP contribution is 2.20. The molecule has 0 radical (unpaired) electrons. The van der Waals surface area contributed by atoms with Crippen molar-refractivity contribution in [2.75, 3.05) is 6.54 Å². The summed E-state index contributed by atoms with van der Waals surface area (Å²) in [6, 6.07) is 4.38. The van der Waals surface area contributed by atoms with E-state index in [4.69, 9.17) is 10.9 Å². The van der Waals surface area contributed by atoms with Crippen molar-refractivity contribution in [2.45, 2.75) is 39.8 Å². The molecule has 1 rings (SSSR count). The Hall–Kier alpha value is -1.66. The van der Waals surface area contributed by atoms with Crippen molar-refractivity contribution < 1.29 is 14.7 Å². The fourth-order valence-corrected chi connectivity index (χ4v) is 2.06. The number of halogens is 1. The number of benzene rings is 1. The van der Waals surface area contributed by atoms with Crippen molar-refractivity contribution in [3.63, 3.8) is 0 Å². The van der Waals surface area contributed by atoms with Gasteiger partial charge in [-0.1, -0.05) is 38.1 Å². The Kier molecular flexibility index (Phi) is 6.11. The van der Waals surface area contributed by atoms with Crippen molar-refractivity contribution in [2.24, 2.45) is 16.3 Å². The SMILES string of the molecule is CC(C)(C)CC(O)CNCc1ccc(/C(N)=N/O)cc1F. The Morgan fingerprint density at radius 2 is 2.10 bits per heavy atom. The number of aliphatic hydroxyl groups excluding tert-OH is 1. The summed E-state index contributed by atoms with van der Waals surface area (Å²) >= 11 is 0. The van der Waals surface area contributed by atoms with Gasteiger partial charge in [0.2, 0.25) is 0 Å². The maximum Gasteiger partial charge on any atom is 0.170 e. The van der Waals surface area contributed by atoms with Crippen LogP contribution in [-0.4, -0.2) is 28.8 Å². The van der Waals surface area contributed by atoms with Gasteiger partial charge in [-0.2, -0.15) is 0 Å². The summed E-state index contributed by atoms with van der Waals surface area (Å²) in [4.78, 5) is 0. The first-order chi connectivity index (χ1) is 9.73. The Morgan fingerprint density at radius 3 is 2.62 bits per heavy atom. The quantitative estimate of drug-likeness (QED) is 0.279. The molecular weight excluding hydrogens is 273 g/mol. The number of oxime groups is 1. The minimum absolute atomic E-state index is 0.0507. The van der Waals surface area contributed by atoms with E-state index in [2.05, 4.69) is 31.2 Å². The predicted octanol–water partition coefficient (Wildman–Crippen LogP) is 1.81. The van der Waals surface area contributed by atoms with Crippen molar-refractivity contribution in [1.29, 1.82) is 0 Å². The zero-order valence-electron chi connectivity index (χ0n) is 12.7. The summed E-state index contributed by atoms with van der Waals surface area (Å²) in [5.41, 5.74) is 6.24. The number of hydrogen-bond donors (Lipinski definition) is 4. The van der Waals surface area contributed by atoms with Crippen LogP contribution in [0.4, 0.5) is 4.39 Å². The third kappa shape index (κ3) is 6.10. The van der Waals surface area contributed by atoms with Gasteiger partial charge in [-0.3, -0.25) is 0 Å². The molecule has 5 nitrogen and oxygen atoms in total. The number of nitrogens with one attached hydrogen (secondary N) is 1. The van der Waals surface area contributed by atoms with Crippen LogP contribution in [-0.2, 0) is 6.54 Å². The van der Waals surface area contributed by atoms with Gasteiger partial charge in [0.25, 0.3) is 0 Å². The van der Waals surface area contributed by atoms with Gasteiger partial charge in [0.1, 0.15) is 5.82 Å². The van der Waals surface area contributed by atoms with Crippen molar-refractivity contribution in [1.82, 2.24) is 5.32 Å². The minimum Gasteiger partial charge on any atom is -0.409 e. The molecule has 1 aromatic carbocycles. The largest absolute Gasteiger partial charge is 0.409 e. The molecule has 0 aliphatic rings. The maximum absolute atomic E-state index is 13.8. The van der Waals surface area contributed by atoms with E-state index < -0.39 is 11.9 Å². The van der Waals surface area contributed by atoms with Crippen LogP contribution in [0.15, 0.2) is 23.4 Å². The molecule has 1 atom stereocenters. The van der Waals surface area contributed by atoms with Crippen molar-refractivity contribution >= 4 is 5.84 Å². The van der Waals surface area contributed by atoms with Gasteiger partial charge < -0.3 is 21.4 Å². The molecule has 0 heterocycles. The second-order valence-corrected chi connectivity index (χ2v) is 6.34. The number of rotatable bonds is 6. The molecule has 0 aliphatic carbocycles. The van der Waals surface area contributed by atoms with E-state index in [9.17, 15) is 9.50 Å². The van der Waals surface area contributed by atoms with Gasteiger partial charge >= 0.3 is 0 Å². The molecule has 6 heteroatoms. The first kappa shape index (κ1) is 17.4. The lowest BCUT2D eigenvalue weighted by Gasteiger charge is -2.22. The van der Waals surface area contributed by atoms with E-state index in [1.807, 2.05) is 0 Å². The van der Waals surface area contributed by atoms with Crippen molar-refractivity contribution in [3.05, 3.63) is 35.1 Å². The summed E-state index contributed by atoms with van der Waals surface area (Å²) < 4.78 is 13.8. The van der Waals surface area contributed by atoms with E-state index in [0.29, 0.717) is 30.6 Å². The summed E-state index contributed by atoms with van der Waals surface area (Å²) in [5.74, 6) is -0.564. The molecule has 0 amide bonds. The first-order valence-corrected chi connectivity index (χ1v) is 6.88. The second kappa shape index (κ2) is 7.38. The molecule has 0 bridgehead atoms. The van der Waals surface area contributed by atoms with E-state index in [1.54, 1.807) is 12.1 Å². The number of aliphatic hydroxyl groups is 1.